The molecule has 2 aromatic heterocycles. The lowest BCUT2D eigenvalue weighted by molar-refractivity contribution is 0.0975. The van der Waals surface area contributed by atoms with Crippen molar-refractivity contribution in [1.29, 1.82) is 0 Å². The molecule has 7 nitrogen and oxygen atoms in total. The third kappa shape index (κ3) is 3.31. The molecule has 0 atom stereocenters. The second kappa shape index (κ2) is 6.06. The molecule has 1 N–H and O–H groups in total. The van der Waals surface area contributed by atoms with Crippen molar-refractivity contribution in [3.05, 3.63) is 33.9 Å². The molecule has 0 aliphatic heterocycles. The van der Waals surface area contributed by atoms with Gasteiger partial charge in [0.15, 0.2) is 9.90 Å². The van der Waals surface area contributed by atoms with Crippen molar-refractivity contribution in [3.63, 3.8) is 0 Å². The van der Waals surface area contributed by atoms with Gasteiger partial charge in [0.2, 0.25) is 0 Å². The fourth-order valence-electron chi connectivity index (χ4n) is 1.99. The van der Waals surface area contributed by atoms with Crippen molar-refractivity contribution in [1.82, 2.24) is 14.9 Å². The summed E-state index contributed by atoms with van der Waals surface area (Å²) in [4.78, 5) is 12.1. The molecule has 3 rings (SSSR count). The molecule has 122 valence electrons. The number of thiophene rings is 1. The van der Waals surface area contributed by atoms with E-state index in [-0.39, 0.29) is 14.9 Å². The van der Waals surface area contributed by atoms with E-state index in [4.69, 9.17) is 16.3 Å². The van der Waals surface area contributed by atoms with Crippen LogP contribution in [0.1, 0.15) is 34.9 Å². The van der Waals surface area contributed by atoms with Crippen LogP contribution in [0.4, 0.5) is 0 Å². The molecule has 0 aromatic carbocycles. The van der Waals surface area contributed by atoms with Crippen molar-refractivity contribution in [2.75, 3.05) is 7.11 Å². The molecule has 0 bridgehead atoms. The van der Waals surface area contributed by atoms with Gasteiger partial charge in [-0.15, -0.1) is 16.4 Å². The molecule has 0 spiro atoms. The highest BCUT2D eigenvalue weighted by Crippen LogP contribution is 2.42. The quantitative estimate of drug-likeness (QED) is 0.862. The molecule has 1 aliphatic rings. The molecule has 23 heavy (non-hydrogen) atoms. The summed E-state index contributed by atoms with van der Waals surface area (Å²) in [5.41, 5.74) is 0.552. The number of carbonyl (C=O) groups is 1. The third-order valence-corrected chi connectivity index (χ3v) is 6.61. The number of hydrogen-bond donors (Lipinski definition) is 1. The first kappa shape index (κ1) is 16.2. The number of amides is 1. The van der Waals surface area contributed by atoms with E-state index in [0.717, 1.165) is 24.2 Å². The Morgan fingerprint density at radius 1 is 1.43 bits per heavy atom. The highest BCUT2D eigenvalue weighted by Gasteiger charge is 2.30. The summed E-state index contributed by atoms with van der Waals surface area (Å²) in [6, 6.07) is 2.83. The standard InChI is InChI=1S/C13H12ClN3O4S2/c1-21-10-6-9(15-16-11(10)7-2-3-7)12(18)17-23(19,20)13-8(14)4-5-22-13/h4-7H,2-3H2,1H3,(H,17,18). The van der Waals surface area contributed by atoms with Gasteiger partial charge in [-0.3, -0.25) is 4.79 Å². The molecule has 0 unspecified atom stereocenters. The molecule has 1 amide bonds. The Morgan fingerprint density at radius 3 is 2.74 bits per heavy atom. The summed E-state index contributed by atoms with van der Waals surface area (Å²) in [5.74, 6) is -0.162. The summed E-state index contributed by atoms with van der Waals surface area (Å²) < 4.78 is 31.3. The van der Waals surface area contributed by atoms with E-state index in [9.17, 15) is 13.2 Å². The zero-order valence-electron chi connectivity index (χ0n) is 11.9. The zero-order valence-corrected chi connectivity index (χ0v) is 14.3. The summed E-state index contributed by atoms with van der Waals surface area (Å²) >= 11 is 6.72. The lowest BCUT2D eigenvalue weighted by atomic mass is 10.2. The van der Waals surface area contributed by atoms with Gasteiger partial charge in [-0.05, 0) is 24.3 Å². The molecule has 1 saturated carbocycles. The predicted octanol–water partition coefficient (Wildman–Crippen LogP) is 2.20. The molecule has 2 aromatic rings. The second-order valence-corrected chi connectivity index (χ2v) is 8.15. The maximum Gasteiger partial charge on any atom is 0.285 e. The van der Waals surface area contributed by atoms with Gasteiger partial charge >= 0.3 is 0 Å². The van der Waals surface area contributed by atoms with Gasteiger partial charge in [0.1, 0.15) is 11.4 Å². The number of hydrogen-bond acceptors (Lipinski definition) is 7. The minimum absolute atomic E-state index is 0.0584. The number of ether oxygens (including phenoxy) is 1. The highest BCUT2D eigenvalue weighted by atomic mass is 35.5. The third-order valence-electron chi connectivity index (χ3n) is 3.26. The average Bonchev–Trinajstić information content (AvgIpc) is 3.26. The number of sulfonamides is 1. The maximum atomic E-state index is 12.2. The Labute approximate surface area is 141 Å². The monoisotopic (exact) mass is 373 g/mol. The predicted molar refractivity (Wildman–Crippen MR) is 84.5 cm³/mol. The van der Waals surface area contributed by atoms with Crippen LogP contribution in [0, 0.1) is 0 Å². The van der Waals surface area contributed by atoms with Crippen LogP contribution in [-0.4, -0.2) is 31.6 Å². The lowest BCUT2D eigenvalue weighted by Gasteiger charge is -2.08. The highest BCUT2D eigenvalue weighted by molar-refractivity contribution is 7.92. The summed E-state index contributed by atoms with van der Waals surface area (Å²) in [5, 5.41) is 9.37. The molecular weight excluding hydrogens is 362 g/mol. The Morgan fingerprint density at radius 2 is 2.17 bits per heavy atom. The largest absolute Gasteiger partial charge is 0.495 e. The van der Waals surface area contributed by atoms with Gasteiger partial charge in [0, 0.05) is 12.0 Å². The van der Waals surface area contributed by atoms with Crippen molar-refractivity contribution >= 4 is 38.9 Å². The van der Waals surface area contributed by atoms with E-state index in [1.54, 1.807) is 0 Å². The number of halogens is 1. The fourth-order valence-corrected chi connectivity index (χ4v) is 4.64. The van der Waals surface area contributed by atoms with Gasteiger partial charge in [-0.25, -0.2) is 13.1 Å². The number of rotatable bonds is 5. The smallest absolute Gasteiger partial charge is 0.285 e. The second-order valence-electron chi connectivity index (χ2n) is 4.95. The molecule has 1 fully saturated rings. The van der Waals surface area contributed by atoms with E-state index in [1.165, 1.54) is 24.6 Å². The number of methoxy groups -OCH3 is 1. The molecule has 2 heterocycles. The first-order chi connectivity index (χ1) is 10.9. The van der Waals surface area contributed by atoms with Crippen molar-refractivity contribution < 1.29 is 17.9 Å². The summed E-state index contributed by atoms with van der Waals surface area (Å²) in [6.07, 6.45) is 2.00. The molecule has 0 saturated heterocycles. The number of nitrogens with zero attached hydrogens (tertiary/aromatic N) is 2. The van der Waals surface area contributed by atoms with Crippen molar-refractivity contribution in [3.8, 4) is 5.75 Å². The molecule has 0 radical (unpaired) electrons. The topological polar surface area (TPSA) is 98.2 Å². The minimum atomic E-state index is -4.05. The van der Waals surface area contributed by atoms with Crippen LogP contribution in [0.2, 0.25) is 5.02 Å². The van der Waals surface area contributed by atoms with Crippen LogP contribution in [-0.2, 0) is 10.0 Å². The Kier molecular flexibility index (Phi) is 4.26. The van der Waals surface area contributed by atoms with Gasteiger partial charge in [-0.1, -0.05) is 11.6 Å². The number of carbonyl (C=O) groups excluding carboxylic acids is 1. The summed E-state index contributed by atoms with van der Waals surface area (Å²) in [7, 11) is -2.59. The Bertz CT molecular complexity index is 862. The van der Waals surface area contributed by atoms with Gasteiger partial charge in [-0.2, -0.15) is 5.10 Å². The molecule has 10 heteroatoms. The number of nitrogens with one attached hydrogen (secondary N) is 1. The zero-order chi connectivity index (χ0) is 16.6. The van der Waals surface area contributed by atoms with E-state index < -0.39 is 15.9 Å². The van der Waals surface area contributed by atoms with E-state index in [2.05, 4.69) is 10.2 Å². The van der Waals surface area contributed by atoms with Gasteiger partial charge in [0.25, 0.3) is 15.9 Å². The molecule has 1 aliphatic carbocycles. The SMILES string of the molecule is COc1cc(C(=O)NS(=O)(=O)c2sccc2Cl)nnc1C1CC1. The number of aromatic nitrogens is 2. The van der Waals surface area contributed by atoms with E-state index >= 15 is 0 Å². The lowest BCUT2D eigenvalue weighted by Crippen LogP contribution is -2.31. The summed E-state index contributed by atoms with van der Waals surface area (Å²) in [6.45, 7) is 0. The molecular formula is C13H12ClN3O4S2. The van der Waals surface area contributed by atoms with Crippen LogP contribution < -0.4 is 9.46 Å². The van der Waals surface area contributed by atoms with E-state index in [1.807, 2.05) is 4.72 Å². The van der Waals surface area contributed by atoms with Crippen LogP contribution in [0.15, 0.2) is 21.7 Å². The van der Waals surface area contributed by atoms with Gasteiger partial charge < -0.3 is 4.74 Å². The first-order valence-corrected chi connectivity index (χ1v) is 9.38. The van der Waals surface area contributed by atoms with Gasteiger partial charge in [0.05, 0.1) is 12.1 Å². The minimum Gasteiger partial charge on any atom is -0.495 e. The fraction of sp³-hybridized carbons (Fsp3) is 0.308. The van der Waals surface area contributed by atoms with Crippen LogP contribution in [0.5, 0.6) is 5.75 Å². The van der Waals surface area contributed by atoms with Crippen molar-refractivity contribution in [2.45, 2.75) is 23.0 Å². The van der Waals surface area contributed by atoms with Crippen molar-refractivity contribution in [2.24, 2.45) is 0 Å². The Hall–Kier alpha value is -1.71. The maximum absolute atomic E-state index is 12.2. The van der Waals surface area contributed by atoms with Crippen LogP contribution in [0.25, 0.3) is 0 Å². The van der Waals surface area contributed by atoms with Crippen LogP contribution in [0.3, 0.4) is 0 Å². The van der Waals surface area contributed by atoms with Crippen LogP contribution >= 0.6 is 22.9 Å². The first-order valence-electron chi connectivity index (χ1n) is 6.64. The Balaban J connectivity index is 1.85. The normalized spacial score (nSPS) is 14.5. The van der Waals surface area contributed by atoms with E-state index in [0.29, 0.717) is 17.4 Å². The average molecular weight is 374 g/mol.